The molecule has 6 heteroatoms. The van der Waals surface area contributed by atoms with Gasteiger partial charge in [0.2, 0.25) is 5.91 Å². The van der Waals surface area contributed by atoms with Crippen LogP contribution >= 0.6 is 35.7 Å². The molecule has 0 spiro atoms. The standard InChI is InChI=1S/C10H9NOS2.C7H11NS/c12-9-7-14-10(13)11(9)6-8-4-2-1-3-5-8;1-3-4-7-8(2)5-6-9-7/h1-5H,6-7H2;3-4H,1,5-6H2,2H3/b;7-4+. The van der Waals surface area contributed by atoms with Crippen LogP contribution in [0.4, 0.5) is 0 Å². The summed E-state index contributed by atoms with van der Waals surface area (Å²) < 4.78 is 0.693. The fraction of sp³-hybridized carbons (Fsp3) is 0.294. The van der Waals surface area contributed by atoms with E-state index >= 15 is 0 Å². The first kappa shape index (κ1) is 18.1. The second kappa shape index (κ2) is 9.15. The minimum atomic E-state index is 0.115. The molecule has 2 heterocycles. The molecule has 0 unspecified atom stereocenters. The second-order valence-corrected chi connectivity index (χ2v) is 7.76. The number of benzene rings is 1. The van der Waals surface area contributed by atoms with Crippen LogP contribution in [-0.2, 0) is 11.3 Å². The van der Waals surface area contributed by atoms with Gasteiger partial charge in [0.05, 0.1) is 17.3 Å². The largest absolute Gasteiger partial charge is 0.369 e. The zero-order chi connectivity index (χ0) is 16.7. The molecule has 0 saturated carbocycles. The van der Waals surface area contributed by atoms with Crippen LogP contribution in [0.2, 0.25) is 0 Å². The van der Waals surface area contributed by atoms with Crippen LogP contribution in [0, 0.1) is 0 Å². The lowest BCUT2D eigenvalue weighted by Crippen LogP contribution is -2.27. The van der Waals surface area contributed by atoms with Gasteiger partial charge in [0.15, 0.2) is 0 Å². The van der Waals surface area contributed by atoms with Gasteiger partial charge >= 0.3 is 0 Å². The SMILES string of the molecule is C=C/C=C1/SCCN1C.O=C1CSC(=S)N1Cc1ccccc1. The van der Waals surface area contributed by atoms with Crippen molar-refractivity contribution in [2.75, 3.05) is 25.1 Å². The normalized spacial score (nSPS) is 19.1. The number of amides is 1. The first-order valence-corrected chi connectivity index (χ1v) is 9.67. The van der Waals surface area contributed by atoms with Crippen molar-refractivity contribution in [2.24, 2.45) is 0 Å². The van der Waals surface area contributed by atoms with Gasteiger partial charge in [-0.05, 0) is 11.6 Å². The Bertz CT molecular complexity index is 585. The van der Waals surface area contributed by atoms with E-state index in [0.717, 1.165) is 5.56 Å². The molecule has 0 atom stereocenters. The molecule has 2 saturated heterocycles. The molecule has 0 aromatic heterocycles. The van der Waals surface area contributed by atoms with Crippen molar-refractivity contribution in [3.05, 3.63) is 59.7 Å². The lowest BCUT2D eigenvalue weighted by molar-refractivity contribution is -0.124. The number of nitrogens with zero attached hydrogens (tertiary/aromatic N) is 2. The third-order valence-electron chi connectivity index (χ3n) is 3.34. The maximum absolute atomic E-state index is 11.4. The van der Waals surface area contributed by atoms with E-state index in [0.29, 0.717) is 16.6 Å². The number of carbonyl (C=O) groups is 1. The highest BCUT2D eigenvalue weighted by Crippen LogP contribution is 2.25. The smallest absolute Gasteiger partial charge is 0.238 e. The van der Waals surface area contributed by atoms with Gasteiger partial charge in [-0.1, -0.05) is 67.0 Å². The van der Waals surface area contributed by atoms with Gasteiger partial charge in [-0.25, -0.2) is 0 Å². The molecule has 3 rings (SSSR count). The fourth-order valence-electron chi connectivity index (χ4n) is 2.08. The van der Waals surface area contributed by atoms with E-state index in [1.807, 2.05) is 48.2 Å². The van der Waals surface area contributed by atoms with E-state index in [4.69, 9.17) is 12.2 Å². The van der Waals surface area contributed by atoms with Crippen molar-refractivity contribution in [3.8, 4) is 0 Å². The van der Waals surface area contributed by atoms with Gasteiger partial charge in [0.1, 0.15) is 4.32 Å². The van der Waals surface area contributed by atoms with Crippen molar-refractivity contribution >= 4 is 46.0 Å². The number of allylic oxidation sites excluding steroid dienone is 2. The van der Waals surface area contributed by atoms with E-state index < -0.39 is 0 Å². The molecule has 1 aromatic rings. The van der Waals surface area contributed by atoms with E-state index in [-0.39, 0.29) is 5.91 Å². The van der Waals surface area contributed by atoms with E-state index in [9.17, 15) is 4.79 Å². The van der Waals surface area contributed by atoms with E-state index in [2.05, 4.69) is 24.6 Å². The summed E-state index contributed by atoms with van der Waals surface area (Å²) in [4.78, 5) is 15.3. The number of carbonyl (C=O) groups excluding carboxylic acids is 1. The Balaban J connectivity index is 0.000000185. The second-order valence-electron chi connectivity index (χ2n) is 5.03. The Morgan fingerprint density at radius 2 is 2.04 bits per heavy atom. The summed E-state index contributed by atoms with van der Waals surface area (Å²) in [6.07, 6.45) is 3.89. The van der Waals surface area contributed by atoms with E-state index in [1.54, 1.807) is 4.90 Å². The van der Waals surface area contributed by atoms with Crippen LogP contribution in [-0.4, -0.2) is 45.1 Å². The van der Waals surface area contributed by atoms with Gasteiger partial charge in [0, 0.05) is 19.3 Å². The minimum Gasteiger partial charge on any atom is -0.369 e. The van der Waals surface area contributed by atoms with Gasteiger partial charge in [-0.15, -0.1) is 11.8 Å². The number of thiocarbonyl (C=S) groups is 1. The van der Waals surface area contributed by atoms with Crippen LogP contribution in [0.3, 0.4) is 0 Å². The summed E-state index contributed by atoms with van der Waals surface area (Å²) in [5.74, 6) is 1.82. The number of thioether (sulfide) groups is 2. The van der Waals surface area contributed by atoms with Crippen LogP contribution in [0.1, 0.15) is 5.56 Å². The van der Waals surface area contributed by atoms with Crippen LogP contribution < -0.4 is 0 Å². The molecule has 0 bridgehead atoms. The topological polar surface area (TPSA) is 23.6 Å². The lowest BCUT2D eigenvalue weighted by Gasteiger charge is -2.14. The predicted molar refractivity (Wildman–Crippen MR) is 105 cm³/mol. The van der Waals surface area contributed by atoms with Crippen LogP contribution in [0.5, 0.6) is 0 Å². The average molecular weight is 365 g/mol. The third kappa shape index (κ3) is 5.41. The zero-order valence-electron chi connectivity index (χ0n) is 13.1. The summed E-state index contributed by atoms with van der Waals surface area (Å²) in [6, 6.07) is 9.89. The zero-order valence-corrected chi connectivity index (χ0v) is 15.6. The highest BCUT2D eigenvalue weighted by molar-refractivity contribution is 8.23. The Hall–Kier alpha value is -1.24. The molecular formula is C17H20N2OS3. The summed E-state index contributed by atoms with van der Waals surface area (Å²) in [5, 5.41) is 1.34. The molecule has 3 nitrogen and oxygen atoms in total. The first-order chi connectivity index (χ1) is 11.1. The molecule has 1 amide bonds. The average Bonchev–Trinajstić information content (AvgIpc) is 3.10. The highest BCUT2D eigenvalue weighted by Gasteiger charge is 2.26. The number of hydrogen-bond acceptors (Lipinski definition) is 5. The number of hydrogen-bond donors (Lipinski definition) is 0. The summed E-state index contributed by atoms with van der Waals surface area (Å²) in [7, 11) is 2.11. The maximum Gasteiger partial charge on any atom is 0.238 e. The van der Waals surface area contributed by atoms with Crippen LogP contribution in [0.25, 0.3) is 0 Å². The van der Waals surface area contributed by atoms with Crippen molar-refractivity contribution in [1.82, 2.24) is 9.80 Å². The van der Waals surface area contributed by atoms with Gasteiger partial charge in [-0.2, -0.15) is 0 Å². The molecule has 2 aliphatic rings. The maximum atomic E-state index is 11.4. The van der Waals surface area contributed by atoms with Gasteiger partial charge in [-0.3, -0.25) is 9.69 Å². The first-order valence-electron chi connectivity index (χ1n) is 7.29. The Labute approximate surface area is 151 Å². The molecule has 2 fully saturated rings. The quantitative estimate of drug-likeness (QED) is 0.761. The van der Waals surface area contributed by atoms with Crippen molar-refractivity contribution in [3.63, 3.8) is 0 Å². The van der Waals surface area contributed by atoms with Crippen molar-refractivity contribution in [1.29, 1.82) is 0 Å². The van der Waals surface area contributed by atoms with Crippen molar-refractivity contribution < 1.29 is 4.79 Å². The third-order valence-corrected chi connectivity index (χ3v) is 5.90. The summed E-state index contributed by atoms with van der Waals surface area (Å²) in [5.41, 5.74) is 1.12. The Morgan fingerprint density at radius 3 is 2.57 bits per heavy atom. The molecule has 122 valence electrons. The summed E-state index contributed by atoms with van der Waals surface area (Å²) in [6.45, 7) is 5.42. The van der Waals surface area contributed by atoms with E-state index in [1.165, 1.54) is 29.1 Å². The molecule has 23 heavy (non-hydrogen) atoms. The molecule has 0 aliphatic carbocycles. The monoisotopic (exact) mass is 364 g/mol. The minimum absolute atomic E-state index is 0.115. The molecule has 2 aliphatic heterocycles. The fourth-order valence-corrected chi connectivity index (χ4v) is 4.23. The summed E-state index contributed by atoms with van der Waals surface area (Å²) >= 11 is 8.42. The molecule has 0 radical (unpaired) electrons. The van der Waals surface area contributed by atoms with Crippen molar-refractivity contribution in [2.45, 2.75) is 6.54 Å². The number of rotatable bonds is 3. The van der Waals surface area contributed by atoms with Gasteiger partial charge < -0.3 is 4.90 Å². The Morgan fingerprint density at radius 1 is 1.30 bits per heavy atom. The van der Waals surface area contributed by atoms with Gasteiger partial charge in [0.25, 0.3) is 0 Å². The molecule has 1 aromatic carbocycles. The predicted octanol–water partition coefficient (Wildman–Crippen LogP) is 3.74. The Kier molecular flexibility index (Phi) is 7.20. The van der Waals surface area contributed by atoms with Crippen LogP contribution in [0.15, 0.2) is 54.1 Å². The molecular weight excluding hydrogens is 344 g/mol. The lowest BCUT2D eigenvalue weighted by atomic mass is 10.2. The highest BCUT2D eigenvalue weighted by atomic mass is 32.2. The molecule has 0 N–H and O–H groups in total.